The van der Waals surface area contributed by atoms with E-state index in [1.54, 1.807) is 11.3 Å². The molecular formula is C11H12BrNOS. The fourth-order valence-electron chi connectivity index (χ4n) is 2.68. The first-order valence-electron chi connectivity index (χ1n) is 5.28. The molecule has 1 aromatic heterocycles. The molecule has 3 rings (SSSR count). The topological polar surface area (TPSA) is 20.3 Å². The SMILES string of the molecule is O=C1C2CCC(C2)N1Cc1sccc1Br. The molecular weight excluding hydrogens is 274 g/mol. The zero-order valence-electron chi connectivity index (χ0n) is 8.28. The van der Waals surface area contributed by atoms with Crippen LogP contribution in [0, 0.1) is 5.92 Å². The molecule has 2 atom stereocenters. The summed E-state index contributed by atoms with van der Waals surface area (Å²) >= 11 is 5.24. The highest BCUT2D eigenvalue weighted by molar-refractivity contribution is 9.10. The number of carbonyl (C=O) groups excluding carboxylic acids is 1. The summed E-state index contributed by atoms with van der Waals surface area (Å²) in [6.45, 7) is 0.804. The molecule has 2 fully saturated rings. The summed E-state index contributed by atoms with van der Waals surface area (Å²) in [5.41, 5.74) is 0. The quantitative estimate of drug-likeness (QED) is 0.818. The molecule has 1 aliphatic heterocycles. The van der Waals surface area contributed by atoms with E-state index in [2.05, 4.69) is 32.3 Å². The summed E-state index contributed by atoms with van der Waals surface area (Å²) in [6.07, 6.45) is 3.42. The van der Waals surface area contributed by atoms with Gasteiger partial charge in [-0.2, -0.15) is 0 Å². The van der Waals surface area contributed by atoms with E-state index in [0.717, 1.165) is 23.9 Å². The molecule has 80 valence electrons. The Kier molecular flexibility index (Phi) is 2.36. The monoisotopic (exact) mass is 285 g/mol. The van der Waals surface area contributed by atoms with Crippen molar-refractivity contribution in [3.8, 4) is 0 Å². The number of fused-ring (bicyclic) bond motifs is 2. The van der Waals surface area contributed by atoms with Crippen LogP contribution in [-0.2, 0) is 11.3 Å². The van der Waals surface area contributed by atoms with E-state index in [9.17, 15) is 4.79 Å². The van der Waals surface area contributed by atoms with Crippen molar-refractivity contribution in [2.75, 3.05) is 0 Å². The van der Waals surface area contributed by atoms with E-state index >= 15 is 0 Å². The van der Waals surface area contributed by atoms with Gasteiger partial charge in [0, 0.05) is 21.3 Å². The van der Waals surface area contributed by atoms with Gasteiger partial charge in [0.1, 0.15) is 0 Å². The van der Waals surface area contributed by atoms with Crippen molar-refractivity contribution in [1.82, 2.24) is 4.90 Å². The van der Waals surface area contributed by atoms with Crippen molar-refractivity contribution in [1.29, 1.82) is 0 Å². The highest BCUT2D eigenvalue weighted by Crippen LogP contribution is 2.40. The van der Waals surface area contributed by atoms with Crippen LogP contribution in [-0.4, -0.2) is 16.8 Å². The van der Waals surface area contributed by atoms with Gasteiger partial charge in [0.15, 0.2) is 0 Å². The van der Waals surface area contributed by atoms with Crippen molar-refractivity contribution in [3.63, 3.8) is 0 Å². The van der Waals surface area contributed by atoms with Gasteiger partial charge in [-0.1, -0.05) is 0 Å². The van der Waals surface area contributed by atoms with E-state index in [-0.39, 0.29) is 0 Å². The van der Waals surface area contributed by atoms with Crippen LogP contribution in [0.15, 0.2) is 15.9 Å². The lowest BCUT2D eigenvalue weighted by Crippen LogP contribution is -2.36. The summed E-state index contributed by atoms with van der Waals surface area (Å²) in [6, 6.07) is 2.58. The molecule has 0 radical (unpaired) electrons. The minimum atomic E-state index is 0.341. The number of amides is 1. The second-order valence-corrected chi connectivity index (χ2v) is 6.18. The lowest BCUT2D eigenvalue weighted by atomic mass is 10.1. The van der Waals surface area contributed by atoms with E-state index in [1.165, 1.54) is 11.3 Å². The lowest BCUT2D eigenvalue weighted by molar-refractivity contribution is -0.134. The molecule has 2 unspecified atom stereocenters. The number of piperidine rings is 1. The van der Waals surface area contributed by atoms with Crippen molar-refractivity contribution in [2.24, 2.45) is 5.92 Å². The fourth-order valence-corrected chi connectivity index (χ4v) is 4.15. The molecule has 2 bridgehead atoms. The Morgan fingerprint density at radius 3 is 3.00 bits per heavy atom. The third-order valence-corrected chi connectivity index (χ3v) is 5.39. The number of thiophene rings is 1. The number of halogens is 1. The number of nitrogens with zero attached hydrogens (tertiary/aromatic N) is 1. The Morgan fingerprint density at radius 1 is 1.53 bits per heavy atom. The normalized spacial score (nSPS) is 29.1. The highest BCUT2D eigenvalue weighted by Gasteiger charge is 2.44. The summed E-state index contributed by atoms with van der Waals surface area (Å²) in [5, 5.41) is 2.07. The third kappa shape index (κ3) is 1.54. The van der Waals surface area contributed by atoms with Crippen LogP contribution >= 0.6 is 27.3 Å². The number of carbonyl (C=O) groups is 1. The average Bonchev–Trinajstić information content (AvgIpc) is 2.87. The van der Waals surface area contributed by atoms with Crippen molar-refractivity contribution in [3.05, 3.63) is 20.8 Å². The van der Waals surface area contributed by atoms with Gasteiger partial charge in [-0.15, -0.1) is 11.3 Å². The summed E-state index contributed by atoms with van der Waals surface area (Å²) in [4.78, 5) is 15.3. The second-order valence-electron chi connectivity index (χ2n) is 4.32. The van der Waals surface area contributed by atoms with Crippen LogP contribution in [0.25, 0.3) is 0 Å². The highest BCUT2D eigenvalue weighted by atomic mass is 79.9. The first kappa shape index (κ1) is 9.85. The Labute approximate surface area is 101 Å². The Morgan fingerprint density at radius 2 is 2.40 bits per heavy atom. The van der Waals surface area contributed by atoms with E-state index < -0.39 is 0 Å². The summed E-state index contributed by atoms with van der Waals surface area (Å²) in [7, 11) is 0. The molecule has 1 aromatic rings. The molecule has 0 N–H and O–H groups in total. The van der Waals surface area contributed by atoms with Gasteiger partial charge in [0.25, 0.3) is 0 Å². The Balaban J connectivity index is 1.79. The molecule has 4 heteroatoms. The lowest BCUT2D eigenvalue weighted by Gasteiger charge is -2.26. The van der Waals surface area contributed by atoms with Crippen LogP contribution in [0.2, 0.25) is 0 Å². The smallest absolute Gasteiger partial charge is 0.226 e. The van der Waals surface area contributed by atoms with Gasteiger partial charge in [-0.25, -0.2) is 0 Å². The molecule has 1 aliphatic carbocycles. The van der Waals surface area contributed by atoms with Crippen molar-refractivity contribution < 1.29 is 4.79 Å². The maximum absolute atomic E-state index is 11.9. The standard InChI is InChI=1S/C11H12BrNOS/c12-9-3-4-15-10(9)6-13-8-2-1-7(5-8)11(13)14/h3-4,7-8H,1-2,5-6H2. The maximum Gasteiger partial charge on any atom is 0.226 e. The minimum Gasteiger partial charge on any atom is -0.334 e. The largest absolute Gasteiger partial charge is 0.334 e. The molecule has 2 nitrogen and oxygen atoms in total. The Bertz CT molecular complexity index is 403. The van der Waals surface area contributed by atoms with Gasteiger partial charge in [0.2, 0.25) is 5.91 Å². The molecule has 1 saturated heterocycles. The van der Waals surface area contributed by atoms with Crippen LogP contribution in [0.4, 0.5) is 0 Å². The third-order valence-electron chi connectivity index (χ3n) is 3.48. The number of hydrogen-bond acceptors (Lipinski definition) is 2. The molecule has 15 heavy (non-hydrogen) atoms. The first-order chi connectivity index (χ1) is 7.25. The molecule has 1 saturated carbocycles. The van der Waals surface area contributed by atoms with E-state index in [0.29, 0.717) is 17.9 Å². The summed E-state index contributed by atoms with van der Waals surface area (Å²) in [5.74, 6) is 0.722. The van der Waals surface area contributed by atoms with E-state index in [4.69, 9.17) is 0 Å². The van der Waals surface area contributed by atoms with E-state index in [1.807, 2.05) is 0 Å². The zero-order valence-corrected chi connectivity index (χ0v) is 10.7. The average molecular weight is 286 g/mol. The van der Waals surface area contributed by atoms with Crippen LogP contribution in [0.5, 0.6) is 0 Å². The molecule has 2 aliphatic rings. The van der Waals surface area contributed by atoms with Crippen LogP contribution in [0.1, 0.15) is 24.1 Å². The van der Waals surface area contributed by atoms with Gasteiger partial charge >= 0.3 is 0 Å². The summed E-state index contributed by atoms with van der Waals surface area (Å²) < 4.78 is 1.14. The molecule has 0 spiro atoms. The van der Waals surface area contributed by atoms with Crippen LogP contribution in [0.3, 0.4) is 0 Å². The van der Waals surface area contributed by atoms with Gasteiger partial charge < -0.3 is 4.90 Å². The predicted molar refractivity (Wildman–Crippen MR) is 63.7 cm³/mol. The van der Waals surface area contributed by atoms with Gasteiger partial charge in [0.05, 0.1) is 6.54 Å². The first-order valence-corrected chi connectivity index (χ1v) is 6.95. The predicted octanol–water partition coefficient (Wildman–Crippen LogP) is 3.02. The molecule has 0 aromatic carbocycles. The number of rotatable bonds is 2. The number of hydrogen-bond donors (Lipinski definition) is 0. The fraction of sp³-hybridized carbons (Fsp3) is 0.545. The van der Waals surface area contributed by atoms with Crippen molar-refractivity contribution in [2.45, 2.75) is 31.8 Å². The van der Waals surface area contributed by atoms with Crippen molar-refractivity contribution >= 4 is 33.2 Å². The van der Waals surface area contributed by atoms with Gasteiger partial charge in [-0.05, 0) is 46.6 Å². The van der Waals surface area contributed by atoms with Crippen LogP contribution < -0.4 is 0 Å². The molecule has 2 heterocycles. The number of likely N-dealkylation sites (tertiary alicyclic amines) is 1. The maximum atomic E-state index is 11.9. The second kappa shape index (κ2) is 3.59. The zero-order chi connectivity index (χ0) is 10.4. The minimum absolute atomic E-state index is 0.341. The Hall–Kier alpha value is -0.350. The van der Waals surface area contributed by atoms with Gasteiger partial charge in [-0.3, -0.25) is 4.79 Å². The molecule has 1 amide bonds.